The summed E-state index contributed by atoms with van der Waals surface area (Å²) >= 11 is 1.44. The lowest BCUT2D eigenvalue weighted by Crippen LogP contribution is -2.60. The summed E-state index contributed by atoms with van der Waals surface area (Å²) in [5, 5.41) is 35.7. The lowest BCUT2D eigenvalue weighted by molar-refractivity contribution is -0.154. The molecule has 5 atom stereocenters. The number of nitrogens with zero attached hydrogens (tertiary/aromatic N) is 1. The second-order valence-corrected chi connectivity index (χ2v) is 5.61. The van der Waals surface area contributed by atoms with E-state index >= 15 is 0 Å². The standard InChI is InChI=1S/C11H21N3O4S/c1-2-13-11-14-7-9(17)8(16)6(5-12-3-4-15)18-10(7)19-11/h6-10,12,15-17H,2-5H2,1H3,(H,13,14). The molecule has 0 spiro atoms. The normalized spacial score (nSPS) is 40.2. The molecule has 7 nitrogen and oxygen atoms in total. The van der Waals surface area contributed by atoms with Crippen LogP contribution in [0, 0.1) is 0 Å². The van der Waals surface area contributed by atoms with Gasteiger partial charge in [-0.25, -0.2) is 0 Å². The summed E-state index contributed by atoms with van der Waals surface area (Å²) in [5.74, 6) is 0. The molecule has 0 aromatic rings. The number of hydrogen-bond donors (Lipinski definition) is 5. The minimum Gasteiger partial charge on any atom is -0.395 e. The molecule has 2 fully saturated rings. The smallest absolute Gasteiger partial charge is 0.159 e. The van der Waals surface area contributed by atoms with Crippen molar-refractivity contribution in [3.05, 3.63) is 0 Å². The van der Waals surface area contributed by atoms with Crippen molar-refractivity contribution < 1.29 is 20.1 Å². The maximum absolute atomic E-state index is 10.1. The highest BCUT2D eigenvalue weighted by Crippen LogP contribution is 2.33. The highest BCUT2D eigenvalue weighted by Gasteiger charge is 2.48. The van der Waals surface area contributed by atoms with Gasteiger partial charge in [0.25, 0.3) is 0 Å². The zero-order valence-electron chi connectivity index (χ0n) is 10.8. The fourth-order valence-corrected chi connectivity index (χ4v) is 3.39. The molecule has 2 saturated heterocycles. The molecule has 2 aliphatic rings. The molecule has 0 saturated carbocycles. The monoisotopic (exact) mass is 291 g/mol. The Morgan fingerprint density at radius 2 is 2.21 bits per heavy atom. The lowest BCUT2D eigenvalue weighted by atomic mass is 9.98. The van der Waals surface area contributed by atoms with Crippen LogP contribution in [0.3, 0.4) is 0 Å². The molecule has 0 aromatic heterocycles. The van der Waals surface area contributed by atoms with E-state index in [0.717, 1.165) is 5.17 Å². The van der Waals surface area contributed by atoms with E-state index < -0.39 is 18.3 Å². The fraction of sp³-hybridized carbons (Fsp3) is 0.909. The molecular formula is C11H21N3O4S. The minimum atomic E-state index is -0.957. The van der Waals surface area contributed by atoms with Gasteiger partial charge in [-0.2, -0.15) is 0 Å². The van der Waals surface area contributed by atoms with E-state index in [-0.39, 0.29) is 18.1 Å². The maximum atomic E-state index is 10.1. The van der Waals surface area contributed by atoms with Gasteiger partial charge >= 0.3 is 0 Å². The van der Waals surface area contributed by atoms with Crippen LogP contribution in [0.5, 0.6) is 0 Å². The van der Waals surface area contributed by atoms with E-state index in [1.54, 1.807) is 0 Å². The van der Waals surface area contributed by atoms with Crippen LogP contribution in [-0.2, 0) is 4.74 Å². The van der Waals surface area contributed by atoms with Gasteiger partial charge < -0.3 is 30.7 Å². The first-order valence-electron chi connectivity index (χ1n) is 6.48. The van der Waals surface area contributed by atoms with E-state index in [2.05, 4.69) is 15.6 Å². The highest BCUT2D eigenvalue weighted by molar-refractivity contribution is 8.14. The summed E-state index contributed by atoms with van der Waals surface area (Å²) in [5.41, 5.74) is -0.246. The van der Waals surface area contributed by atoms with E-state index in [1.807, 2.05) is 6.92 Å². The number of amidine groups is 1. The number of rotatable bonds is 5. The van der Waals surface area contributed by atoms with E-state index in [1.165, 1.54) is 11.8 Å². The summed E-state index contributed by atoms with van der Waals surface area (Å²) in [6.07, 6.45) is -2.34. The Morgan fingerprint density at radius 1 is 1.42 bits per heavy atom. The zero-order valence-corrected chi connectivity index (χ0v) is 11.6. The van der Waals surface area contributed by atoms with E-state index in [9.17, 15) is 10.2 Å². The van der Waals surface area contributed by atoms with Crippen molar-refractivity contribution in [1.82, 2.24) is 10.6 Å². The van der Waals surface area contributed by atoms with Crippen molar-refractivity contribution in [2.45, 2.75) is 36.7 Å². The maximum Gasteiger partial charge on any atom is 0.159 e. The van der Waals surface area contributed by atoms with Gasteiger partial charge in [-0.1, -0.05) is 11.8 Å². The molecule has 110 valence electrons. The van der Waals surface area contributed by atoms with Gasteiger partial charge in [0.1, 0.15) is 23.7 Å². The molecule has 0 aromatic carbocycles. The van der Waals surface area contributed by atoms with Crippen molar-refractivity contribution in [3.63, 3.8) is 0 Å². The SMILES string of the molecule is CCN=C1NC2C(OC(CNCCO)C(O)C2O)S1. The Kier molecular flexibility index (Phi) is 5.43. The lowest BCUT2D eigenvalue weighted by Gasteiger charge is -2.39. The van der Waals surface area contributed by atoms with Crippen LogP contribution < -0.4 is 10.6 Å². The first kappa shape index (κ1) is 15.0. The average molecular weight is 291 g/mol. The summed E-state index contributed by atoms with van der Waals surface area (Å²) in [7, 11) is 0. The summed E-state index contributed by atoms with van der Waals surface area (Å²) in [4.78, 5) is 4.25. The van der Waals surface area contributed by atoms with Crippen LogP contribution in [0.4, 0.5) is 0 Å². The molecule has 0 amide bonds. The van der Waals surface area contributed by atoms with Gasteiger partial charge in [-0.3, -0.25) is 4.99 Å². The van der Waals surface area contributed by atoms with Gasteiger partial charge in [-0.05, 0) is 6.92 Å². The number of aliphatic imine (C=N–C) groups is 1. The zero-order chi connectivity index (χ0) is 13.8. The van der Waals surface area contributed by atoms with Gasteiger partial charge in [0.15, 0.2) is 5.17 Å². The third-order valence-corrected chi connectivity index (χ3v) is 4.26. The Hall–Kier alpha value is -0.380. The molecule has 0 bridgehead atoms. The largest absolute Gasteiger partial charge is 0.395 e. The van der Waals surface area contributed by atoms with Gasteiger partial charge in [0.2, 0.25) is 0 Å². The van der Waals surface area contributed by atoms with Crippen LogP contribution in [0.2, 0.25) is 0 Å². The molecule has 2 aliphatic heterocycles. The van der Waals surface area contributed by atoms with E-state index in [4.69, 9.17) is 9.84 Å². The number of thioether (sulfide) groups is 1. The highest BCUT2D eigenvalue weighted by atomic mass is 32.2. The number of ether oxygens (including phenoxy) is 1. The molecule has 2 rings (SSSR count). The van der Waals surface area contributed by atoms with Crippen LogP contribution in [-0.4, -0.2) is 76.5 Å². The van der Waals surface area contributed by atoms with Crippen molar-refractivity contribution in [2.75, 3.05) is 26.2 Å². The van der Waals surface area contributed by atoms with Crippen LogP contribution in [0.15, 0.2) is 4.99 Å². The first-order valence-corrected chi connectivity index (χ1v) is 7.36. The Morgan fingerprint density at radius 3 is 2.89 bits per heavy atom. The number of aliphatic hydroxyl groups excluding tert-OH is 3. The molecule has 19 heavy (non-hydrogen) atoms. The number of aliphatic hydroxyl groups is 3. The first-order chi connectivity index (χ1) is 9.17. The van der Waals surface area contributed by atoms with Crippen molar-refractivity contribution >= 4 is 16.9 Å². The summed E-state index contributed by atoms with van der Waals surface area (Å²) in [6.45, 7) is 3.45. The van der Waals surface area contributed by atoms with Crippen LogP contribution >= 0.6 is 11.8 Å². The fourth-order valence-electron chi connectivity index (χ4n) is 2.19. The van der Waals surface area contributed by atoms with Crippen molar-refractivity contribution in [3.8, 4) is 0 Å². The second kappa shape index (κ2) is 6.87. The third kappa shape index (κ3) is 3.39. The Balaban J connectivity index is 1.96. The predicted molar refractivity (Wildman–Crippen MR) is 73.1 cm³/mol. The number of hydrogen-bond acceptors (Lipinski definition) is 7. The summed E-state index contributed by atoms with van der Waals surface area (Å²) in [6, 6.07) is -0.334. The quantitative estimate of drug-likeness (QED) is 0.377. The molecule has 0 radical (unpaired) electrons. The van der Waals surface area contributed by atoms with E-state index in [0.29, 0.717) is 19.6 Å². The Bertz CT molecular complexity index is 331. The molecule has 5 unspecified atom stereocenters. The molecule has 8 heteroatoms. The number of fused-ring (bicyclic) bond motifs is 1. The second-order valence-electron chi connectivity index (χ2n) is 4.52. The molecule has 2 heterocycles. The van der Waals surface area contributed by atoms with Gasteiger partial charge in [0.05, 0.1) is 12.6 Å². The minimum absolute atomic E-state index is 0.0288. The van der Waals surface area contributed by atoms with Crippen molar-refractivity contribution in [1.29, 1.82) is 0 Å². The third-order valence-electron chi connectivity index (χ3n) is 3.15. The molecule has 5 N–H and O–H groups in total. The Labute approximate surface area is 116 Å². The summed E-state index contributed by atoms with van der Waals surface area (Å²) < 4.78 is 5.78. The van der Waals surface area contributed by atoms with Gasteiger partial charge in [-0.15, -0.1) is 0 Å². The van der Waals surface area contributed by atoms with Crippen molar-refractivity contribution in [2.24, 2.45) is 4.99 Å². The molecular weight excluding hydrogens is 270 g/mol. The topological polar surface area (TPSA) is 106 Å². The van der Waals surface area contributed by atoms with Gasteiger partial charge in [0, 0.05) is 19.6 Å². The van der Waals surface area contributed by atoms with Crippen LogP contribution in [0.25, 0.3) is 0 Å². The number of nitrogens with one attached hydrogen (secondary N) is 2. The van der Waals surface area contributed by atoms with Crippen LogP contribution in [0.1, 0.15) is 6.92 Å². The predicted octanol–water partition coefficient (Wildman–Crippen LogP) is -1.90. The molecule has 0 aliphatic carbocycles. The average Bonchev–Trinajstić information content (AvgIpc) is 2.79.